The highest BCUT2D eigenvalue weighted by Gasteiger charge is 2.21. The number of benzene rings is 1. The Morgan fingerprint density at radius 3 is 3.11 bits per heavy atom. The molecular formula is C14H15BrN2O. The second-order valence-corrected chi connectivity index (χ2v) is 5.60. The van der Waals surface area contributed by atoms with E-state index in [0.29, 0.717) is 0 Å². The minimum atomic E-state index is 0.196. The maximum absolute atomic E-state index is 9.41. The van der Waals surface area contributed by atoms with Crippen molar-refractivity contribution < 1.29 is 5.11 Å². The topological polar surface area (TPSA) is 38.1 Å². The van der Waals surface area contributed by atoms with Gasteiger partial charge in [0.05, 0.1) is 18.3 Å². The highest BCUT2D eigenvalue weighted by Crippen LogP contribution is 2.29. The van der Waals surface area contributed by atoms with Crippen LogP contribution < -0.4 is 0 Å². The summed E-state index contributed by atoms with van der Waals surface area (Å²) in [5.41, 5.74) is 2.11. The summed E-state index contributed by atoms with van der Waals surface area (Å²) in [6.07, 6.45) is 5.22. The number of imidazole rings is 1. The van der Waals surface area contributed by atoms with Crippen LogP contribution in [0.15, 0.2) is 34.9 Å². The molecule has 0 bridgehead atoms. The van der Waals surface area contributed by atoms with Crippen LogP contribution in [0.4, 0.5) is 0 Å². The number of aromatic nitrogens is 2. The predicted molar refractivity (Wildman–Crippen MR) is 74.4 cm³/mol. The highest BCUT2D eigenvalue weighted by molar-refractivity contribution is 9.10. The van der Waals surface area contributed by atoms with Crippen LogP contribution in [0.25, 0.3) is 11.3 Å². The molecule has 0 aliphatic carbocycles. The monoisotopic (exact) mass is 306 g/mol. The largest absolute Gasteiger partial charge is 0.394 e. The van der Waals surface area contributed by atoms with Crippen molar-refractivity contribution >= 4 is 15.9 Å². The SMILES string of the molecule is OCC1CCCc2nc(-c3cccc(Br)c3)cn21. The first kappa shape index (κ1) is 11.9. The molecule has 1 N–H and O–H groups in total. The van der Waals surface area contributed by atoms with E-state index in [0.717, 1.165) is 40.8 Å². The van der Waals surface area contributed by atoms with Crippen LogP contribution in [-0.4, -0.2) is 21.3 Å². The lowest BCUT2D eigenvalue weighted by atomic mass is 10.1. The van der Waals surface area contributed by atoms with Gasteiger partial charge in [-0.25, -0.2) is 4.98 Å². The molecule has 1 atom stereocenters. The van der Waals surface area contributed by atoms with Gasteiger partial charge in [0.2, 0.25) is 0 Å². The summed E-state index contributed by atoms with van der Waals surface area (Å²) < 4.78 is 3.20. The summed E-state index contributed by atoms with van der Waals surface area (Å²) >= 11 is 3.48. The molecule has 2 aromatic rings. The summed E-state index contributed by atoms with van der Waals surface area (Å²) in [4.78, 5) is 4.69. The minimum Gasteiger partial charge on any atom is -0.394 e. The van der Waals surface area contributed by atoms with Crippen LogP contribution in [-0.2, 0) is 6.42 Å². The molecule has 18 heavy (non-hydrogen) atoms. The fraction of sp³-hybridized carbons (Fsp3) is 0.357. The normalized spacial score (nSPS) is 18.7. The van der Waals surface area contributed by atoms with Crippen LogP contribution in [0, 0.1) is 0 Å². The van der Waals surface area contributed by atoms with E-state index in [1.165, 1.54) is 0 Å². The van der Waals surface area contributed by atoms with Gasteiger partial charge < -0.3 is 9.67 Å². The molecule has 0 saturated carbocycles. The van der Waals surface area contributed by atoms with Crippen molar-refractivity contribution in [3.05, 3.63) is 40.8 Å². The van der Waals surface area contributed by atoms with Gasteiger partial charge in [-0.15, -0.1) is 0 Å². The van der Waals surface area contributed by atoms with Gasteiger partial charge in [-0.05, 0) is 25.0 Å². The van der Waals surface area contributed by atoms with E-state index in [1.807, 2.05) is 12.1 Å². The average Bonchev–Trinajstić information content (AvgIpc) is 2.82. The molecule has 0 amide bonds. The molecule has 1 unspecified atom stereocenters. The Kier molecular flexibility index (Phi) is 3.22. The first-order valence-electron chi connectivity index (χ1n) is 6.22. The summed E-state index contributed by atoms with van der Waals surface area (Å²) in [5, 5.41) is 9.41. The lowest BCUT2D eigenvalue weighted by molar-refractivity contribution is 0.206. The third-order valence-electron chi connectivity index (χ3n) is 3.47. The second-order valence-electron chi connectivity index (χ2n) is 4.69. The molecule has 1 aliphatic heterocycles. The minimum absolute atomic E-state index is 0.196. The molecule has 4 heteroatoms. The van der Waals surface area contributed by atoms with Gasteiger partial charge in [-0.2, -0.15) is 0 Å². The maximum atomic E-state index is 9.41. The number of aryl methyl sites for hydroxylation is 1. The molecule has 0 fully saturated rings. The number of fused-ring (bicyclic) bond motifs is 1. The highest BCUT2D eigenvalue weighted by atomic mass is 79.9. The Hall–Kier alpha value is -1.13. The van der Waals surface area contributed by atoms with Crippen molar-refractivity contribution in [3.63, 3.8) is 0 Å². The lowest BCUT2D eigenvalue weighted by Gasteiger charge is -2.22. The Morgan fingerprint density at radius 2 is 2.33 bits per heavy atom. The quantitative estimate of drug-likeness (QED) is 0.925. The molecule has 1 aliphatic rings. The van der Waals surface area contributed by atoms with Gasteiger partial charge in [0.25, 0.3) is 0 Å². The molecule has 0 spiro atoms. The molecule has 0 radical (unpaired) electrons. The van der Waals surface area contributed by atoms with Crippen molar-refractivity contribution in [1.82, 2.24) is 9.55 Å². The van der Waals surface area contributed by atoms with Crippen molar-refractivity contribution in [3.8, 4) is 11.3 Å². The first-order valence-corrected chi connectivity index (χ1v) is 7.02. The average molecular weight is 307 g/mol. The fourth-order valence-electron chi connectivity index (χ4n) is 2.53. The van der Waals surface area contributed by atoms with E-state index in [4.69, 9.17) is 4.98 Å². The fourth-order valence-corrected chi connectivity index (χ4v) is 2.93. The summed E-state index contributed by atoms with van der Waals surface area (Å²) in [6, 6.07) is 8.36. The van der Waals surface area contributed by atoms with E-state index in [-0.39, 0.29) is 12.6 Å². The molecule has 0 saturated heterocycles. The van der Waals surface area contributed by atoms with Crippen molar-refractivity contribution in [1.29, 1.82) is 0 Å². The zero-order valence-corrected chi connectivity index (χ0v) is 11.6. The van der Waals surface area contributed by atoms with E-state index in [1.54, 1.807) is 0 Å². The molecule has 1 aromatic carbocycles. The van der Waals surface area contributed by atoms with Gasteiger partial charge in [-0.1, -0.05) is 28.1 Å². The molecule has 2 heterocycles. The number of aliphatic hydroxyl groups excluding tert-OH is 1. The van der Waals surface area contributed by atoms with Gasteiger partial charge in [0.1, 0.15) is 5.82 Å². The second kappa shape index (κ2) is 4.86. The number of hydrogen-bond donors (Lipinski definition) is 1. The lowest BCUT2D eigenvalue weighted by Crippen LogP contribution is -2.20. The zero-order chi connectivity index (χ0) is 12.5. The number of hydrogen-bond acceptors (Lipinski definition) is 2. The van der Waals surface area contributed by atoms with Crippen LogP contribution in [0.2, 0.25) is 0 Å². The molecule has 3 rings (SSSR count). The predicted octanol–water partition coefficient (Wildman–Crippen LogP) is 3.18. The number of aliphatic hydroxyl groups is 1. The summed E-state index contributed by atoms with van der Waals surface area (Å²) in [7, 11) is 0. The Labute approximate surface area is 115 Å². The van der Waals surface area contributed by atoms with Gasteiger partial charge in [0, 0.05) is 22.7 Å². The van der Waals surface area contributed by atoms with Crippen molar-refractivity contribution in [2.75, 3.05) is 6.61 Å². The summed E-state index contributed by atoms with van der Waals surface area (Å²) in [5.74, 6) is 1.09. The number of nitrogens with zero attached hydrogens (tertiary/aromatic N) is 2. The van der Waals surface area contributed by atoms with Crippen LogP contribution >= 0.6 is 15.9 Å². The molecule has 94 valence electrons. The van der Waals surface area contributed by atoms with E-state index >= 15 is 0 Å². The van der Waals surface area contributed by atoms with Gasteiger partial charge in [0.15, 0.2) is 0 Å². The van der Waals surface area contributed by atoms with Crippen molar-refractivity contribution in [2.24, 2.45) is 0 Å². The van der Waals surface area contributed by atoms with Gasteiger partial charge >= 0.3 is 0 Å². The first-order chi connectivity index (χ1) is 8.78. The molecule has 1 aromatic heterocycles. The van der Waals surface area contributed by atoms with Gasteiger partial charge in [-0.3, -0.25) is 0 Å². The maximum Gasteiger partial charge on any atom is 0.109 e. The Bertz CT molecular complexity index is 565. The van der Waals surface area contributed by atoms with Crippen LogP contribution in [0.3, 0.4) is 0 Å². The third-order valence-corrected chi connectivity index (χ3v) is 3.96. The number of rotatable bonds is 2. The Morgan fingerprint density at radius 1 is 1.44 bits per heavy atom. The zero-order valence-electron chi connectivity index (χ0n) is 10.0. The molecular weight excluding hydrogens is 292 g/mol. The van der Waals surface area contributed by atoms with Crippen LogP contribution in [0.1, 0.15) is 24.7 Å². The summed E-state index contributed by atoms with van der Waals surface area (Å²) in [6.45, 7) is 0.196. The van der Waals surface area contributed by atoms with E-state index in [9.17, 15) is 5.11 Å². The Balaban J connectivity index is 2.02. The van der Waals surface area contributed by atoms with Crippen LogP contribution in [0.5, 0.6) is 0 Å². The smallest absolute Gasteiger partial charge is 0.109 e. The van der Waals surface area contributed by atoms with Crippen molar-refractivity contribution in [2.45, 2.75) is 25.3 Å². The van der Waals surface area contributed by atoms with E-state index < -0.39 is 0 Å². The van der Waals surface area contributed by atoms with E-state index in [2.05, 4.69) is 38.8 Å². The molecule has 3 nitrogen and oxygen atoms in total. The number of halogens is 1. The third kappa shape index (κ3) is 2.10. The standard InChI is InChI=1S/C14H15BrN2O/c15-11-4-1-3-10(7-11)13-8-17-12(9-18)5-2-6-14(17)16-13/h1,3-4,7-8,12,18H,2,5-6,9H2.